The first-order valence-electron chi connectivity index (χ1n) is 6.16. The zero-order chi connectivity index (χ0) is 15.8. The van der Waals surface area contributed by atoms with Gasteiger partial charge in [-0.15, -0.1) is 0 Å². The van der Waals surface area contributed by atoms with Gasteiger partial charge in [-0.2, -0.15) is 5.26 Å². The first-order valence-corrected chi connectivity index (χ1v) is 6.16. The van der Waals surface area contributed by atoms with Crippen molar-refractivity contribution in [1.29, 1.82) is 5.26 Å². The number of rotatable bonds is 1. The second kappa shape index (κ2) is 4.90. The third-order valence-corrected chi connectivity index (χ3v) is 2.71. The van der Waals surface area contributed by atoms with Crippen molar-refractivity contribution < 1.29 is 14.5 Å². The number of nitro groups is 1. The van der Waals surface area contributed by atoms with E-state index < -0.39 is 16.6 Å². The number of nitrogens with zero attached hydrogens (tertiary/aromatic N) is 3. The standard InChI is InChI=1S/C14H13N3O4/c1-14(2,3)21-13(18)16-8-9(7-15)10-5-4-6-11(12(10)16)17(19)20/h4-6,8H,1-3H3. The molecule has 0 amide bonds. The number of para-hydroxylation sites is 1. The predicted molar refractivity (Wildman–Crippen MR) is 74.9 cm³/mol. The first kappa shape index (κ1) is 14.5. The van der Waals surface area contributed by atoms with Crippen molar-refractivity contribution >= 4 is 22.7 Å². The highest BCUT2D eigenvalue weighted by molar-refractivity contribution is 5.98. The molecule has 0 spiro atoms. The minimum atomic E-state index is -0.761. The number of benzene rings is 1. The number of hydrogen-bond acceptors (Lipinski definition) is 5. The Kier molecular flexibility index (Phi) is 3.39. The second-order valence-electron chi connectivity index (χ2n) is 5.44. The van der Waals surface area contributed by atoms with E-state index in [9.17, 15) is 14.9 Å². The van der Waals surface area contributed by atoms with Gasteiger partial charge in [-0.25, -0.2) is 9.36 Å². The van der Waals surface area contributed by atoms with Crippen LogP contribution in [0.5, 0.6) is 0 Å². The van der Waals surface area contributed by atoms with Crippen LogP contribution in [0.1, 0.15) is 26.3 Å². The number of non-ortho nitro benzene ring substituents is 1. The lowest BCUT2D eigenvalue weighted by atomic mass is 10.1. The van der Waals surface area contributed by atoms with Gasteiger partial charge in [0, 0.05) is 17.6 Å². The molecule has 2 rings (SSSR count). The summed E-state index contributed by atoms with van der Waals surface area (Å²) in [5, 5.41) is 20.6. The maximum Gasteiger partial charge on any atom is 0.419 e. The molecule has 2 aromatic rings. The summed E-state index contributed by atoms with van der Waals surface area (Å²) < 4.78 is 6.23. The van der Waals surface area contributed by atoms with Crippen LogP contribution >= 0.6 is 0 Å². The fourth-order valence-corrected chi connectivity index (χ4v) is 1.96. The van der Waals surface area contributed by atoms with Crippen LogP contribution in [0, 0.1) is 21.4 Å². The van der Waals surface area contributed by atoms with E-state index in [1.54, 1.807) is 26.8 Å². The minimum Gasteiger partial charge on any atom is -0.443 e. The van der Waals surface area contributed by atoms with Crippen LogP contribution in [-0.4, -0.2) is 21.2 Å². The Labute approximate surface area is 120 Å². The molecular weight excluding hydrogens is 274 g/mol. The molecule has 0 aliphatic carbocycles. The third kappa shape index (κ3) is 2.69. The Morgan fingerprint density at radius 3 is 2.62 bits per heavy atom. The summed E-state index contributed by atoms with van der Waals surface area (Å²) in [5.41, 5.74) is -0.753. The largest absolute Gasteiger partial charge is 0.443 e. The van der Waals surface area contributed by atoms with E-state index in [2.05, 4.69) is 0 Å². The summed E-state index contributed by atoms with van der Waals surface area (Å²) in [5.74, 6) is 0. The zero-order valence-electron chi connectivity index (χ0n) is 11.8. The molecule has 7 heteroatoms. The molecular formula is C14H13N3O4. The maximum absolute atomic E-state index is 12.2. The van der Waals surface area contributed by atoms with Crippen molar-refractivity contribution in [3.05, 3.63) is 40.1 Å². The number of carbonyl (C=O) groups excluding carboxylic acids is 1. The van der Waals surface area contributed by atoms with Crippen LogP contribution in [-0.2, 0) is 4.74 Å². The van der Waals surface area contributed by atoms with Crippen LogP contribution in [0.3, 0.4) is 0 Å². The summed E-state index contributed by atoms with van der Waals surface area (Å²) in [7, 11) is 0. The van der Waals surface area contributed by atoms with Gasteiger partial charge in [-0.3, -0.25) is 10.1 Å². The topological polar surface area (TPSA) is 98.2 Å². The van der Waals surface area contributed by atoms with Gasteiger partial charge in [-0.1, -0.05) is 12.1 Å². The summed E-state index contributed by atoms with van der Waals surface area (Å²) in [6, 6.07) is 6.24. The SMILES string of the molecule is CC(C)(C)OC(=O)n1cc(C#N)c2cccc([N+](=O)[O-])c21. The molecule has 1 aromatic heterocycles. The average molecular weight is 287 g/mol. The lowest BCUT2D eigenvalue weighted by molar-refractivity contribution is -0.383. The van der Waals surface area contributed by atoms with Crippen molar-refractivity contribution in [3.8, 4) is 6.07 Å². The van der Waals surface area contributed by atoms with Crippen LogP contribution in [0.4, 0.5) is 10.5 Å². The molecule has 0 aliphatic heterocycles. The van der Waals surface area contributed by atoms with E-state index in [0.717, 1.165) is 4.57 Å². The smallest absolute Gasteiger partial charge is 0.419 e. The van der Waals surface area contributed by atoms with E-state index in [-0.39, 0.29) is 16.8 Å². The molecule has 0 atom stereocenters. The number of nitro benzene ring substituents is 1. The molecule has 1 heterocycles. The Bertz CT molecular complexity index is 778. The molecule has 0 fully saturated rings. The first-order chi connectivity index (χ1) is 9.74. The zero-order valence-corrected chi connectivity index (χ0v) is 11.8. The molecule has 0 saturated carbocycles. The van der Waals surface area contributed by atoms with Gasteiger partial charge in [-0.05, 0) is 20.8 Å². The van der Waals surface area contributed by atoms with Crippen LogP contribution in [0.2, 0.25) is 0 Å². The predicted octanol–water partition coefficient (Wildman–Crippen LogP) is 3.20. The van der Waals surface area contributed by atoms with E-state index in [1.165, 1.54) is 18.3 Å². The summed E-state index contributed by atoms with van der Waals surface area (Å²) in [6.07, 6.45) is 0.495. The van der Waals surface area contributed by atoms with Crippen molar-refractivity contribution in [2.75, 3.05) is 0 Å². The fraction of sp³-hybridized carbons (Fsp3) is 0.286. The molecule has 7 nitrogen and oxygen atoms in total. The molecule has 108 valence electrons. The van der Waals surface area contributed by atoms with Crippen LogP contribution < -0.4 is 0 Å². The van der Waals surface area contributed by atoms with E-state index in [4.69, 9.17) is 10.00 Å². The van der Waals surface area contributed by atoms with Crippen molar-refractivity contribution in [2.45, 2.75) is 26.4 Å². The molecule has 0 radical (unpaired) electrons. The van der Waals surface area contributed by atoms with Crippen molar-refractivity contribution in [3.63, 3.8) is 0 Å². The fourth-order valence-electron chi connectivity index (χ4n) is 1.96. The van der Waals surface area contributed by atoms with Crippen molar-refractivity contribution in [2.24, 2.45) is 0 Å². The molecule has 0 N–H and O–H groups in total. The Balaban J connectivity index is 2.72. The number of ether oxygens (including phenoxy) is 1. The van der Waals surface area contributed by atoms with Crippen molar-refractivity contribution in [1.82, 2.24) is 4.57 Å². The number of nitriles is 1. The number of fused-ring (bicyclic) bond motifs is 1. The normalized spacial score (nSPS) is 11.1. The average Bonchev–Trinajstić information content (AvgIpc) is 2.75. The van der Waals surface area contributed by atoms with Gasteiger partial charge in [0.1, 0.15) is 17.2 Å². The van der Waals surface area contributed by atoms with Gasteiger partial charge in [0.15, 0.2) is 0 Å². The van der Waals surface area contributed by atoms with Gasteiger partial charge < -0.3 is 4.74 Å². The molecule has 0 saturated heterocycles. The Hall–Kier alpha value is -2.88. The quantitative estimate of drug-likeness (QED) is 0.592. The van der Waals surface area contributed by atoms with Gasteiger partial charge >= 0.3 is 6.09 Å². The highest BCUT2D eigenvalue weighted by atomic mass is 16.6. The Morgan fingerprint density at radius 1 is 1.43 bits per heavy atom. The maximum atomic E-state index is 12.2. The highest BCUT2D eigenvalue weighted by Crippen LogP contribution is 2.30. The lowest BCUT2D eigenvalue weighted by Crippen LogP contribution is -2.26. The van der Waals surface area contributed by atoms with Gasteiger partial charge in [0.05, 0.1) is 10.5 Å². The molecule has 1 aromatic carbocycles. The number of hydrogen-bond donors (Lipinski definition) is 0. The van der Waals surface area contributed by atoms with E-state index in [0.29, 0.717) is 5.39 Å². The Morgan fingerprint density at radius 2 is 2.10 bits per heavy atom. The number of aromatic nitrogens is 1. The molecule has 0 unspecified atom stereocenters. The lowest BCUT2D eigenvalue weighted by Gasteiger charge is -2.19. The third-order valence-electron chi connectivity index (χ3n) is 2.71. The molecule has 0 aliphatic rings. The second-order valence-corrected chi connectivity index (χ2v) is 5.44. The summed E-state index contributed by atoms with van der Waals surface area (Å²) in [6.45, 7) is 5.07. The molecule has 0 bridgehead atoms. The molecule has 21 heavy (non-hydrogen) atoms. The summed E-state index contributed by atoms with van der Waals surface area (Å²) in [4.78, 5) is 22.7. The van der Waals surface area contributed by atoms with Crippen LogP contribution in [0.25, 0.3) is 10.9 Å². The minimum absolute atomic E-state index is 0.0632. The van der Waals surface area contributed by atoms with Gasteiger partial charge in [0.2, 0.25) is 0 Å². The van der Waals surface area contributed by atoms with E-state index in [1.807, 2.05) is 6.07 Å². The summed E-state index contributed by atoms with van der Waals surface area (Å²) >= 11 is 0. The highest BCUT2D eigenvalue weighted by Gasteiger charge is 2.25. The monoisotopic (exact) mass is 287 g/mol. The number of carbonyl (C=O) groups is 1. The van der Waals surface area contributed by atoms with Crippen LogP contribution in [0.15, 0.2) is 24.4 Å². The van der Waals surface area contributed by atoms with Gasteiger partial charge in [0.25, 0.3) is 5.69 Å². The van der Waals surface area contributed by atoms with E-state index >= 15 is 0 Å².